The smallest absolute Gasteiger partial charge is 0.234 e. The van der Waals surface area contributed by atoms with Gasteiger partial charge in [0.1, 0.15) is 17.3 Å². The van der Waals surface area contributed by atoms with Gasteiger partial charge in [0.15, 0.2) is 10.1 Å². The van der Waals surface area contributed by atoms with Crippen molar-refractivity contribution in [2.45, 2.75) is 29.5 Å². The average Bonchev–Trinajstić information content (AvgIpc) is 3.60. The van der Waals surface area contributed by atoms with Gasteiger partial charge in [-0.2, -0.15) is 5.26 Å². The molecule has 3 aromatic rings. The molecule has 2 aromatic heterocycles. The SMILES string of the molecule is COc1ccc(Cl)cc1NC(=O)CSc1nnc(N2C(N)=C(C#N)C(c3ccco3)C3=C2CCCC3=O)s1. The lowest BCUT2D eigenvalue weighted by atomic mass is 9.78. The van der Waals surface area contributed by atoms with Crippen molar-refractivity contribution in [3.8, 4) is 11.8 Å². The summed E-state index contributed by atoms with van der Waals surface area (Å²) in [5.74, 6) is 0.231. The molecule has 3 heterocycles. The molecule has 0 saturated heterocycles. The Labute approximate surface area is 231 Å². The Morgan fingerprint density at radius 3 is 2.97 bits per heavy atom. The minimum Gasteiger partial charge on any atom is -0.495 e. The van der Waals surface area contributed by atoms with Crippen molar-refractivity contribution in [3.63, 3.8) is 0 Å². The number of nitrogens with zero attached hydrogens (tertiary/aromatic N) is 4. The van der Waals surface area contributed by atoms with E-state index >= 15 is 0 Å². The zero-order chi connectivity index (χ0) is 26.8. The first kappa shape index (κ1) is 25.8. The third-order valence-electron chi connectivity index (χ3n) is 6.09. The molecular formula is C25H21ClN6O4S2. The number of hydrogen-bond acceptors (Lipinski definition) is 11. The lowest BCUT2D eigenvalue weighted by Crippen LogP contribution is -2.38. The molecule has 0 spiro atoms. The Bertz CT molecular complexity index is 1510. The molecule has 1 aliphatic heterocycles. The summed E-state index contributed by atoms with van der Waals surface area (Å²) >= 11 is 8.45. The van der Waals surface area contributed by atoms with Gasteiger partial charge in [0, 0.05) is 22.7 Å². The quantitative estimate of drug-likeness (QED) is 0.380. The molecule has 194 valence electrons. The van der Waals surface area contributed by atoms with Crippen LogP contribution >= 0.6 is 34.7 Å². The number of nitrogens with one attached hydrogen (secondary N) is 1. The molecule has 0 radical (unpaired) electrons. The summed E-state index contributed by atoms with van der Waals surface area (Å²) < 4.78 is 11.4. The number of allylic oxidation sites excluding steroid dienone is 3. The molecule has 1 aliphatic carbocycles. The Kier molecular flexibility index (Phi) is 7.42. The molecule has 10 nitrogen and oxygen atoms in total. The molecule has 1 unspecified atom stereocenters. The third kappa shape index (κ3) is 4.88. The normalized spacial score (nSPS) is 17.3. The van der Waals surface area contributed by atoms with E-state index in [-0.39, 0.29) is 28.8 Å². The number of amides is 1. The van der Waals surface area contributed by atoms with E-state index in [1.165, 1.54) is 36.5 Å². The van der Waals surface area contributed by atoms with Crippen molar-refractivity contribution in [1.29, 1.82) is 5.26 Å². The van der Waals surface area contributed by atoms with E-state index in [0.29, 0.717) is 62.2 Å². The number of halogens is 1. The summed E-state index contributed by atoms with van der Waals surface area (Å²) in [6, 6.07) is 10.6. The molecule has 5 rings (SSSR count). The molecular weight excluding hydrogens is 548 g/mol. The lowest BCUT2D eigenvalue weighted by Gasteiger charge is -2.37. The minimum absolute atomic E-state index is 0.0508. The van der Waals surface area contributed by atoms with Gasteiger partial charge in [-0.1, -0.05) is 34.7 Å². The van der Waals surface area contributed by atoms with E-state index in [1.54, 1.807) is 35.2 Å². The van der Waals surface area contributed by atoms with Gasteiger partial charge in [0.2, 0.25) is 11.0 Å². The number of thioether (sulfide) groups is 1. The standard InChI is InChI=1S/C25H21ClN6O4S2/c1-35-18-8-7-13(26)10-15(18)29-20(34)12-37-25-31-30-24(38-25)32-16-4-2-5-17(33)22(16)21(14(11-27)23(32)28)19-6-3-9-36-19/h3,6-10,21H,2,4-5,12,28H2,1H3,(H,29,34). The van der Waals surface area contributed by atoms with Crippen LogP contribution in [0.3, 0.4) is 0 Å². The highest BCUT2D eigenvalue weighted by molar-refractivity contribution is 8.01. The summed E-state index contributed by atoms with van der Waals surface area (Å²) in [7, 11) is 1.51. The Morgan fingerprint density at radius 2 is 2.24 bits per heavy atom. The number of nitrogens with two attached hydrogens (primary N) is 1. The molecule has 1 atom stereocenters. The third-order valence-corrected chi connectivity index (χ3v) is 8.37. The topological polar surface area (TPSA) is 147 Å². The van der Waals surface area contributed by atoms with Crippen molar-refractivity contribution in [2.24, 2.45) is 5.73 Å². The molecule has 38 heavy (non-hydrogen) atoms. The Morgan fingerprint density at radius 1 is 1.39 bits per heavy atom. The van der Waals surface area contributed by atoms with Crippen LogP contribution in [0, 0.1) is 11.3 Å². The van der Waals surface area contributed by atoms with Gasteiger partial charge in [-0.15, -0.1) is 10.2 Å². The highest BCUT2D eigenvalue weighted by Crippen LogP contribution is 2.47. The van der Waals surface area contributed by atoms with Gasteiger partial charge < -0.3 is 20.2 Å². The van der Waals surface area contributed by atoms with E-state index in [0.717, 1.165) is 0 Å². The van der Waals surface area contributed by atoms with E-state index in [9.17, 15) is 14.9 Å². The highest BCUT2D eigenvalue weighted by Gasteiger charge is 2.42. The van der Waals surface area contributed by atoms with Gasteiger partial charge in [0.05, 0.1) is 42.4 Å². The molecule has 13 heteroatoms. The van der Waals surface area contributed by atoms with Crippen LogP contribution in [0.4, 0.5) is 10.8 Å². The number of furan rings is 1. The van der Waals surface area contributed by atoms with Crippen molar-refractivity contribution >= 4 is 57.2 Å². The Balaban J connectivity index is 1.38. The van der Waals surface area contributed by atoms with E-state index in [1.807, 2.05) is 0 Å². The van der Waals surface area contributed by atoms with Crippen molar-refractivity contribution in [2.75, 3.05) is 23.1 Å². The fourth-order valence-corrected chi connectivity index (χ4v) is 6.34. The first-order chi connectivity index (χ1) is 18.4. The second-order valence-corrected chi connectivity index (χ2v) is 11.0. The van der Waals surface area contributed by atoms with Gasteiger partial charge in [-0.05, 0) is 43.2 Å². The summed E-state index contributed by atoms with van der Waals surface area (Å²) in [5.41, 5.74) is 8.38. The van der Waals surface area contributed by atoms with Crippen molar-refractivity contribution in [1.82, 2.24) is 10.2 Å². The maximum absolute atomic E-state index is 13.1. The number of aromatic nitrogens is 2. The molecule has 0 saturated carbocycles. The highest BCUT2D eigenvalue weighted by atomic mass is 35.5. The molecule has 0 fully saturated rings. The van der Waals surface area contributed by atoms with Crippen LogP contribution in [0.5, 0.6) is 5.75 Å². The lowest BCUT2D eigenvalue weighted by molar-refractivity contribution is -0.116. The number of nitriles is 1. The zero-order valence-corrected chi connectivity index (χ0v) is 22.5. The maximum Gasteiger partial charge on any atom is 0.234 e. The van der Waals surface area contributed by atoms with Crippen LogP contribution < -0.4 is 20.7 Å². The number of benzene rings is 1. The molecule has 0 bridgehead atoms. The number of ether oxygens (including phenoxy) is 1. The largest absolute Gasteiger partial charge is 0.495 e. The second kappa shape index (κ2) is 10.9. The van der Waals surface area contributed by atoms with Crippen LogP contribution in [0.15, 0.2) is 68.0 Å². The van der Waals surface area contributed by atoms with Gasteiger partial charge in [-0.3, -0.25) is 14.5 Å². The molecule has 1 amide bonds. The number of hydrogen-bond donors (Lipinski definition) is 2. The molecule has 1 aromatic carbocycles. The van der Waals surface area contributed by atoms with Crippen LogP contribution in [0.1, 0.15) is 30.9 Å². The predicted octanol–water partition coefficient (Wildman–Crippen LogP) is 4.83. The number of Topliss-reactive ketones (excluding diaryl/α,β-unsaturated/α-hetero) is 1. The van der Waals surface area contributed by atoms with Gasteiger partial charge in [0.25, 0.3) is 0 Å². The van der Waals surface area contributed by atoms with Crippen LogP contribution in [0.2, 0.25) is 5.02 Å². The maximum atomic E-state index is 13.1. The minimum atomic E-state index is -0.664. The number of methoxy groups -OCH3 is 1. The summed E-state index contributed by atoms with van der Waals surface area (Å²) in [4.78, 5) is 27.3. The predicted molar refractivity (Wildman–Crippen MR) is 144 cm³/mol. The average molecular weight is 569 g/mol. The summed E-state index contributed by atoms with van der Waals surface area (Å²) in [6.45, 7) is 0. The van der Waals surface area contributed by atoms with E-state index in [4.69, 9.17) is 26.5 Å². The van der Waals surface area contributed by atoms with E-state index in [2.05, 4.69) is 21.6 Å². The fraction of sp³-hybridized carbons (Fsp3) is 0.240. The fourth-order valence-electron chi connectivity index (χ4n) is 4.49. The van der Waals surface area contributed by atoms with Crippen LogP contribution in [-0.2, 0) is 9.59 Å². The van der Waals surface area contributed by atoms with Crippen molar-refractivity contribution in [3.05, 3.63) is 70.0 Å². The number of carbonyl (C=O) groups excluding carboxylic acids is 2. The van der Waals surface area contributed by atoms with Crippen molar-refractivity contribution < 1.29 is 18.7 Å². The monoisotopic (exact) mass is 568 g/mol. The first-order valence-corrected chi connectivity index (χ1v) is 13.7. The Hall–Kier alpha value is -3.79. The number of ketones is 1. The second-order valence-electron chi connectivity index (χ2n) is 8.36. The zero-order valence-electron chi connectivity index (χ0n) is 20.1. The van der Waals surface area contributed by atoms with Gasteiger partial charge in [-0.25, -0.2) is 0 Å². The number of carbonyl (C=O) groups is 2. The molecule has 2 aliphatic rings. The van der Waals surface area contributed by atoms with Crippen LogP contribution in [0.25, 0.3) is 0 Å². The molecule has 3 N–H and O–H groups in total. The summed E-state index contributed by atoms with van der Waals surface area (Å²) in [6.07, 6.45) is 3.13. The summed E-state index contributed by atoms with van der Waals surface area (Å²) in [5, 5.41) is 22.2. The van der Waals surface area contributed by atoms with Gasteiger partial charge >= 0.3 is 0 Å². The number of rotatable bonds is 7. The number of anilines is 2. The first-order valence-electron chi connectivity index (χ1n) is 11.5. The van der Waals surface area contributed by atoms with Crippen LogP contribution in [-0.4, -0.2) is 34.8 Å². The van der Waals surface area contributed by atoms with E-state index < -0.39 is 5.92 Å².